The summed E-state index contributed by atoms with van der Waals surface area (Å²) in [6, 6.07) is -0.489. The van der Waals surface area contributed by atoms with Gasteiger partial charge in [-0.25, -0.2) is 8.42 Å². The Morgan fingerprint density at radius 3 is 2.63 bits per heavy atom. The summed E-state index contributed by atoms with van der Waals surface area (Å²) < 4.78 is 64.1. The molecule has 1 saturated heterocycles. The van der Waals surface area contributed by atoms with Crippen molar-refractivity contribution in [1.82, 2.24) is 9.62 Å². The minimum Gasteiger partial charge on any atom is -0.381 e. The number of carbonyl (C=O) groups excluding carboxylic acids is 1. The second-order valence-electron chi connectivity index (χ2n) is 6.63. The van der Waals surface area contributed by atoms with Crippen molar-refractivity contribution in [3.8, 4) is 0 Å². The summed E-state index contributed by atoms with van der Waals surface area (Å²) in [4.78, 5) is 8.00. The molecule has 2 aliphatic rings. The first-order valence-electron chi connectivity index (χ1n) is 9.24. The Morgan fingerprint density at radius 1 is 1.40 bits per heavy atom. The van der Waals surface area contributed by atoms with Gasteiger partial charge in [0.15, 0.2) is 0 Å². The van der Waals surface area contributed by atoms with E-state index in [2.05, 4.69) is 11.9 Å². The van der Waals surface area contributed by atoms with Gasteiger partial charge in [0, 0.05) is 35.4 Å². The van der Waals surface area contributed by atoms with Crippen LogP contribution >= 0.6 is 11.6 Å². The summed E-state index contributed by atoms with van der Waals surface area (Å²) in [6.45, 7) is 6.94. The maximum atomic E-state index is 13.2. The molecule has 1 N–H and O–H groups in total. The van der Waals surface area contributed by atoms with E-state index >= 15 is 0 Å². The van der Waals surface area contributed by atoms with Crippen molar-refractivity contribution in [3.05, 3.63) is 58.8 Å². The van der Waals surface area contributed by atoms with Gasteiger partial charge in [-0.2, -0.15) is 17.5 Å². The highest BCUT2D eigenvalue weighted by Crippen LogP contribution is 2.34. The van der Waals surface area contributed by atoms with Crippen LogP contribution in [0.5, 0.6) is 0 Å². The maximum absolute atomic E-state index is 13.2. The molecule has 0 unspecified atom stereocenters. The van der Waals surface area contributed by atoms with Crippen LogP contribution in [0.1, 0.15) is 32.6 Å². The number of allylic oxidation sites excluding steroid dienone is 7. The smallest absolute Gasteiger partial charge is 0.381 e. The lowest BCUT2D eigenvalue weighted by atomic mass is 10.0. The van der Waals surface area contributed by atoms with Crippen LogP contribution in [0.25, 0.3) is 0 Å². The number of hydrogen-bond donors (Lipinski definition) is 1. The van der Waals surface area contributed by atoms with Crippen molar-refractivity contribution in [3.63, 3.8) is 0 Å². The van der Waals surface area contributed by atoms with Crippen molar-refractivity contribution in [2.24, 2.45) is 0 Å². The monoisotopic (exact) mass is 466 g/mol. The number of hydrogen-bond acceptors (Lipinski definition) is 4. The fourth-order valence-corrected chi connectivity index (χ4v) is 4.38. The Morgan fingerprint density at radius 2 is 2.07 bits per heavy atom. The minimum atomic E-state index is -5.46. The molecule has 0 aromatic carbocycles. The number of carbonyl (C=O) groups is 1. The van der Waals surface area contributed by atoms with Gasteiger partial charge < -0.3 is 10.1 Å². The first-order valence-corrected chi connectivity index (χ1v) is 11.1. The number of nitrogens with zero attached hydrogens (tertiary/aromatic N) is 1. The predicted molar refractivity (Wildman–Crippen MR) is 113 cm³/mol. The lowest BCUT2D eigenvalue weighted by Crippen LogP contribution is -2.45. The molecule has 0 radical (unpaired) electrons. The van der Waals surface area contributed by atoms with Crippen molar-refractivity contribution in [1.29, 1.82) is 0 Å². The predicted octanol–water partition coefficient (Wildman–Crippen LogP) is 4.56. The van der Waals surface area contributed by atoms with E-state index in [-0.39, 0.29) is 6.54 Å². The minimum absolute atomic E-state index is 0.291. The van der Waals surface area contributed by atoms with Crippen molar-refractivity contribution in [2.45, 2.75) is 44.2 Å². The Kier molecular flexibility index (Phi) is 10.1. The Bertz CT molecular complexity index is 846. The van der Waals surface area contributed by atoms with E-state index in [1.807, 2.05) is 38.0 Å². The molecule has 0 bridgehead atoms. The number of rotatable bonds is 6. The molecule has 1 atom stereocenters. The molecule has 0 saturated carbocycles. The standard InChI is InChI=1S/C19H24ClF3N2O2S.CH2O/c1-3-5-7-14(4-2)10-11-15-12-25(28(26,27)19(21,22)23)13-16-17(20)8-6-9-18(16)24-15;1-2/h3-5,7,9,15,24H,2,6,8,10-13H2,1H3;1H2/b5-3-,14-7+;/t15-;/m0./s1. The maximum Gasteiger partial charge on any atom is 0.511 e. The summed E-state index contributed by atoms with van der Waals surface area (Å²) in [5.41, 5.74) is -3.40. The van der Waals surface area contributed by atoms with Crippen LogP contribution in [0.3, 0.4) is 0 Å². The van der Waals surface area contributed by atoms with E-state index < -0.39 is 28.1 Å². The Balaban J connectivity index is 0.00000218. The molecular formula is C20H26ClF3N2O3S. The molecule has 1 heterocycles. The summed E-state index contributed by atoms with van der Waals surface area (Å²) in [7, 11) is -5.46. The molecule has 0 amide bonds. The molecule has 10 heteroatoms. The summed E-state index contributed by atoms with van der Waals surface area (Å²) in [5.74, 6) is 0. The number of fused-ring (bicyclic) bond motifs is 1. The highest BCUT2D eigenvalue weighted by molar-refractivity contribution is 7.90. The van der Waals surface area contributed by atoms with Gasteiger partial charge in [-0.1, -0.05) is 48.6 Å². The first kappa shape index (κ1) is 26.2. The van der Waals surface area contributed by atoms with Crippen LogP contribution in [0.15, 0.2) is 58.8 Å². The summed E-state index contributed by atoms with van der Waals surface area (Å²) in [5, 5.41) is 3.60. The van der Waals surface area contributed by atoms with Gasteiger partial charge in [0.25, 0.3) is 0 Å². The van der Waals surface area contributed by atoms with Crippen molar-refractivity contribution in [2.75, 3.05) is 13.1 Å². The van der Waals surface area contributed by atoms with Gasteiger partial charge in [-0.3, -0.25) is 0 Å². The largest absolute Gasteiger partial charge is 0.511 e. The normalized spacial score (nSPS) is 21.2. The topological polar surface area (TPSA) is 66.5 Å². The lowest BCUT2D eigenvalue weighted by Gasteiger charge is -2.25. The van der Waals surface area contributed by atoms with Gasteiger partial charge in [0.2, 0.25) is 0 Å². The average Bonchev–Trinajstić information content (AvgIpc) is 2.89. The molecule has 1 fully saturated rings. The molecule has 2 rings (SSSR count). The Labute approximate surface area is 180 Å². The molecule has 0 aromatic rings. The number of halogens is 4. The van der Waals surface area contributed by atoms with Gasteiger partial charge >= 0.3 is 15.5 Å². The van der Waals surface area contributed by atoms with E-state index in [1.54, 1.807) is 6.08 Å². The quantitative estimate of drug-likeness (QED) is 0.582. The average molecular weight is 467 g/mol. The highest BCUT2D eigenvalue weighted by Gasteiger charge is 2.51. The van der Waals surface area contributed by atoms with Crippen LogP contribution in [-0.2, 0) is 14.8 Å². The van der Waals surface area contributed by atoms with E-state index in [0.717, 1.165) is 5.57 Å². The molecular weight excluding hydrogens is 441 g/mol. The van der Waals surface area contributed by atoms with E-state index in [9.17, 15) is 21.6 Å². The zero-order valence-electron chi connectivity index (χ0n) is 16.7. The third-order valence-corrected chi connectivity index (χ3v) is 6.62. The molecule has 30 heavy (non-hydrogen) atoms. The number of sulfonamides is 1. The molecule has 1 aliphatic carbocycles. The van der Waals surface area contributed by atoms with Gasteiger partial charge in [0.1, 0.15) is 6.79 Å². The second kappa shape index (κ2) is 11.5. The van der Waals surface area contributed by atoms with Crippen LogP contribution in [0.2, 0.25) is 0 Å². The molecule has 1 aliphatic heterocycles. The zero-order valence-corrected chi connectivity index (χ0v) is 18.3. The van der Waals surface area contributed by atoms with Gasteiger partial charge in [-0.15, -0.1) is 0 Å². The number of nitrogens with one attached hydrogen (secondary N) is 1. The molecule has 0 spiro atoms. The zero-order chi connectivity index (χ0) is 22.9. The molecule has 0 aromatic heterocycles. The first-order chi connectivity index (χ1) is 14.1. The second-order valence-corrected chi connectivity index (χ2v) is 9.02. The molecule has 168 valence electrons. The lowest BCUT2D eigenvalue weighted by molar-refractivity contribution is -0.0980. The third kappa shape index (κ3) is 6.58. The van der Waals surface area contributed by atoms with Gasteiger partial charge in [-0.05, 0) is 38.2 Å². The summed E-state index contributed by atoms with van der Waals surface area (Å²) in [6.07, 6.45) is 11.3. The Hall–Kier alpha value is -1.84. The highest BCUT2D eigenvalue weighted by atomic mass is 35.5. The van der Waals surface area contributed by atoms with E-state index in [4.69, 9.17) is 16.4 Å². The van der Waals surface area contributed by atoms with Crippen molar-refractivity contribution < 1.29 is 26.4 Å². The summed E-state index contributed by atoms with van der Waals surface area (Å²) >= 11 is 6.21. The van der Waals surface area contributed by atoms with E-state index in [1.165, 1.54) is 0 Å². The SMILES string of the molecule is C=C/C(=C\C=C/C)CC[C@H]1CN(S(=O)(=O)C(F)(F)F)CC2=C(Cl)CCC=C2N1.C=O. The fraction of sp³-hybridized carbons (Fsp3) is 0.450. The van der Waals surface area contributed by atoms with Gasteiger partial charge in [0.05, 0.1) is 0 Å². The van der Waals surface area contributed by atoms with Crippen LogP contribution in [0, 0.1) is 0 Å². The van der Waals surface area contributed by atoms with Crippen LogP contribution < -0.4 is 5.32 Å². The third-order valence-electron chi connectivity index (χ3n) is 4.66. The van der Waals surface area contributed by atoms with Crippen LogP contribution in [0.4, 0.5) is 13.2 Å². The molecule has 5 nitrogen and oxygen atoms in total. The number of alkyl halides is 3. The van der Waals surface area contributed by atoms with Crippen LogP contribution in [-0.4, -0.2) is 44.2 Å². The fourth-order valence-electron chi connectivity index (χ4n) is 3.14. The van der Waals surface area contributed by atoms with E-state index in [0.29, 0.717) is 46.3 Å². The van der Waals surface area contributed by atoms with Crippen molar-refractivity contribution >= 4 is 28.4 Å².